The van der Waals surface area contributed by atoms with Crippen LogP contribution in [0.2, 0.25) is 10.0 Å². The number of hydrogen-bond donors (Lipinski definition) is 2. The van der Waals surface area contributed by atoms with Gasteiger partial charge in [0.2, 0.25) is 0 Å². The van der Waals surface area contributed by atoms with Crippen molar-refractivity contribution in [3.8, 4) is 0 Å². The van der Waals surface area contributed by atoms with E-state index in [0.29, 0.717) is 5.92 Å². The molecule has 0 heterocycles. The highest BCUT2D eigenvalue weighted by Crippen LogP contribution is 2.20. The third-order valence-electron chi connectivity index (χ3n) is 2.58. The highest BCUT2D eigenvalue weighted by molar-refractivity contribution is 6.33. The summed E-state index contributed by atoms with van der Waals surface area (Å²) in [5.41, 5.74) is 1.05. The molecule has 2 N–H and O–H groups in total. The van der Waals surface area contributed by atoms with Crippen LogP contribution in [0, 0.1) is 5.92 Å². The summed E-state index contributed by atoms with van der Waals surface area (Å²) in [5.74, 6) is 0.711. The summed E-state index contributed by atoms with van der Waals surface area (Å²) >= 11 is 12.0. The number of halogens is 2. The normalized spacial score (nSPS) is 11.2. The van der Waals surface area contributed by atoms with Gasteiger partial charge in [-0.25, -0.2) is 0 Å². The Balaban J connectivity index is 2.12. The first kappa shape index (κ1) is 15.8. The van der Waals surface area contributed by atoms with Gasteiger partial charge in [-0.15, -0.1) is 0 Å². The first-order chi connectivity index (χ1) is 8.59. The van der Waals surface area contributed by atoms with E-state index in [0.717, 1.165) is 48.2 Å². The molecular weight excluding hydrogens is 267 g/mol. The summed E-state index contributed by atoms with van der Waals surface area (Å²) < 4.78 is 0. The van der Waals surface area contributed by atoms with Crippen LogP contribution in [-0.4, -0.2) is 19.6 Å². The van der Waals surface area contributed by atoms with Gasteiger partial charge in [-0.3, -0.25) is 0 Å². The first-order valence-corrected chi connectivity index (χ1v) is 7.20. The number of benzene rings is 1. The van der Waals surface area contributed by atoms with Gasteiger partial charge in [0.25, 0.3) is 0 Å². The van der Waals surface area contributed by atoms with Gasteiger partial charge in [0.15, 0.2) is 0 Å². The molecule has 2 nitrogen and oxygen atoms in total. The van der Waals surface area contributed by atoms with E-state index in [2.05, 4.69) is 24.5 Å². The standard InChI is InChI=1S/C14H22Cl2N2/c1-11(2)9-17-6-3-7-18-10-12-8-13(15)4-5-14(12)16/h4-5,8,11,17-18H,3,6-7,9-10H2,1-2H3. The van der Waals surface area contributed by atoms with Crippen LogP contribution in [0.3, 0.4) is 0 Å². The Morgan fingerprint density at radius 2 is 1.83 bits per heavy atom. The van der Waals surface area contributed by atoms with E-state index in [4.69, 9.17) is 23.2 Å². The van der Waals surface area contributed by atoms with Crippen molar-refractivity contribution in [3.63, 3.8) is 0 Å². The maximum absolute atomic E-state index is 6.08. The molecule has 0 fully saturated rings. The largest absolute Gasteiger partial charge is 0.316 e. The molecule has 0 saturated heterocycles. The maximum Gasteiger partial charge on any atom is 0.0451 e. The van der Waals surface area contributed by atoms with Crippen molar-refractivity contribution >= 4 is 23.2 Å². The van der Waals surface area contributed by atoms with Crippen molar-refractivity contribution < 1.29 is 0 Å². The Morgan fingerprint density at radius 3 is 2.56 bits per heavy atom. The third-order valence-corrected chi connectivity index (χ3v) is 3.19. The minimum absolute atomic E-state index is 0.711. The fraction of sp³-hybridized carbons (Fsp3) is 0.571. The predicted molar refractivity (Wildman–Crippen MR) is 80.5 cm³/mol. The molecule has 0 radical (unpaired) electrons. The fourth-order valence-corrected chi connectivity index (χ4v) is 2.01. The summed E-state index contributed by atoms with van der Waals surface area (Å²) in [5, 5.41) is 8.29. The summed E-state index contributed by atoms with van der Waals surface area (Å²) in [7, 11) is 0. The first-order valence-electron chi connectivity index (χ1n) is 6.45. The van der Waals surface area contributed by atoms with E-state index in [-0.39, 0.29) is 0 Å². The van der Waals surface area contributed by atoms with Crippen molar-refractivity contribution in [2.24, 2.45) is 5.92 Å². The lowest BCUT2D eigenvalue weighted by molar-refractivity contribution is 0.530. The molecular formula is C14H22Cl2N2. The van der Waals surface area contributed by atoms with E-state index >= 15 is 0 Å². The molecule has 0 bridgehead atoms. The van der Waals surface area contributed by atoms with Crippen LogP contribution in [-0.2, 0) is 6.54 Å². The van der Waals surface area contributed by atoms with Gasteiger partial charge in [-0.1, -0.05) is 37.0 Å². The van der Waals surface area contributed by atoms with E-state index in [1.165, 1.54) is 0 Å². The monoisotopic (exact) mass is 288 g/mol. The Bertz CT molecular complexity index is 354. The van der Waals surface area contributed by atoms with Crippen LogP contribution in [0.25, 0.3) is 0 Å². The van der Waals surface area contributed by atoms with E-state index in [1.54, 1.807) is 0 Å². The van der Waals surface area contributed by atoms with E-state index in [9.17, 15) is 0 Å². The van der Waals surface area contributed by atoms with Gasteiger partial charge in [-0.2, -0.15) is 0 Å². The lowest BCUT2D eigenvalue weighted by Crippen LogP contribution is -2.24. The lowest BCUT2D eigenvalue weighted by atomic mass is 10.2. The summed E-state index contributed by atoms with van der Waals surface area (Å²) in [4.78, 5) is 0. The maximum atomic E-state index is 6.08. The summed E-state index contributed by atoms with van der Waals surface area (Å²) in [6.45, 7) is 8.31. The van der Waals surface area contributed by atoms with Crippen LogP contribution in [0.4, 0.5) is 0 Å². The third kappa shape index (κ3) is 6.60. The van der Waals surface area contributed by atoms with Crippen molar-refractivity contribution in [2.75, 3.05) is 19.6 Å². The van der Waals surface area contributed by atoms with Crippen LogP contribution >= 0.6 is 23.2 Å². The minimum Gasteiger partial charge on any atom is -0.316 e. The Labute approximate surface area is 120 Å². The molecule has 0 spiro atoms. The molecule has 0 aliphatic rings. The SMILES string of the molecule is CC(C)CNCCCNCc1cc(Cl)ccc1Cl. The molecule has 1 aromatic carbocycles. The fourth-order valence-electron chi connectivity index (χ4n) is 1.63. The smallest absolute Gasteiger partial charge is 0.0451 e. The molecule has 0 unspecified atom stereocenters. The van der Waals surface area contributed by atoms with Gasteiger partial charge >= 0.3 is 0 Å². The van der Waals surface area contributed by atoms with Crippen LogP contribution in [0.15, 0.2) is 18.2 Å². The van der Waals surface area contributed by atoms with Gasteiger partial charge < -0.3 is 10.6 Å². The second kappa shape index (κ2) is 8.76. The highest BCUT2D eigenvalue weighted by atomic mass is 35.5. The summed E-state index contributed by atoms with van der Waals surface area (Å²) in [6, 6.07) is 5.56. The van der Waals surface area contributed by atoms with Crippen LogP contribution in [0.5, 0.6) is 0 Å². The Kier molecular flexibility index (Phi) is 7.68. The van der Waals surface area contributed by atoms with Crippen molar-refractivity contribution in [1.82, 2.24) is 10.6 Å². The second-order valence-electron chi connectivity index (χ2n) is 4.86. The zero-order chi connectivity index (χ0) is 13.4. The Morgan fingerprint density at radius 1 is 1.11 bits per heavy atom. The Hall–Kier alpha value is -0.280. The average molecular weight is 289 g/mol. The minimum atomic E-state index is 0.711. The van der Waals surface area contributed by atoms with Gasteiger partial charge in [-0.05, 0) is 55.7 Å². The molecule has 18 heavy (non-hydrogen) atoms. The molecule has 0 aliphatic carbocycles. The quantitative estimate of drug-likeness (QED) is 0.713. The molecule has 1 rings (SSSR count). The molecule has 0 aromatic heterocycles. The van der Waals surface area contributed by atoms with Gasteiger partial charge in [0.1, 0.15) is 0 Å². The summed E-state index contributed by atoms with van der Waals surface area (Å²) in [6.07, 6.45) is 1.12. The van der Waals surface area contributed by atoms with Crippen LogP contribution < -0.4 is 10.6 Å². The molecule has 0 atom stereocenters. The number of rotatable bonds is 8. The zero-order valence-corrected chi connectivity index (χ0v) is 12.6. The topological polar surface area (TPSA) is 24.1 Å². The molecule has 0 amide bonds. The van der Waals surface area contributed by atoms with Crippen molar-refractivity contribution in [1.29, 1.82) is 0 Å². The molecule has 0 aliphatic heterocycles. The van der Waals surface area contributed by atoms with Gasteiger partial charge in [0.05, 0.1) is 0 Å². The van der Waals surface area contributed by atoms with Crippen molar-refractivity contribution in [2.45, 2.75) is 26.8 Å². The van der Waals surface area contributed by atoms with Crippen molar-refractivity contribution in [3.05, 3.63) is 33.8 Å². The molecule has 4 heteroatoms. The molecule has 1 aromatic rings. The lowest BCUT2D eigenvalue weighted by Gasteiger charge is -2.09. The number of nitrogens with one attached hydrogen (secondary N) is 2. The molecule has 0 saturated carbocycles. The zero-order valence-electron chi connectivity index (χ0n) is 11.1. The second-order valence-corrected chi connectivity index (χ2v) is 5.71. The predicted octanol–water partition coefficient (Wildman–Crippen LogP) is 3.72. The van der Waals surface area contributed by atoms with E-state index in [1.807, 2.05) is 18.2 Å². The van der Waals surface area contributed by atoms with Gasteiger partial charge in [0, 0.05) is 16.6 Å². The molecule has 102 valence electrons. The average Bonchev–Trinajstić information content (AvgIpc) is 2.32. The highest BCUT2D eigenvalue weighted by Gasteiger charge is 2.00. The van der Waals surface area contributed by atoms with E-state index < -0.39 is 0 Å². The number of hydrogen-bond acceptors (Lipinski definition) is 2. The van der Waals surface area contributed by atoms with Crippen LogP contribution in [0.1, 0.15) is 25.8 Å².